The summed E-state index contributed by atoms with van der Waals surface area (Å²) in [4.78, 5) is 25.1. The number of carboxylic acids is 1. The van der Waals surface area contributed by atoms with E-state index in [-0.39, 0.29) is 24.5 Å². The van der Waals surface area contributed by atoms with Gasteiger partial charge in [-0.1, -0.05) is 6.92 Å². The zero-order chi connectivity index (χ0) is 14.7. The standard InChI is InChI=1S/C14H25N3O3/c1-9-8-17(2)6-5-11(9)15-14(20)16-12(7-13(18)19)10-3-4-10/h9-12H,3-8H2,1-2H3,(H,18,19)(H2,15,16,20). The summed E-state index contributed by atoms with van der Waals surface area (Å²) < 4.78 is 0. The summed E-state index contributed by atoms with van der Waals surface area (Å²) in [5, 5.41) is 14.7. The number of nitrogens with zero attached hydrogens (tertiary/aromatic N) is 1. The molecule has 0 aromatic heterocycles. The summed E-state index contributed by atoms with van der Waals surface area (Å²) in [6, 6.07) is -0.269. The molecule has 3 unspecified atom stereocenters. The van der Waals surface area contributed by atoms with Gasteiger partial charge in [-0.15, -0.1) is 0 Å². The summed E-state index contributed by atoms with van der Waals surface area (Å²) in [5.74, 6) is -0.0972. The normalized spacial score (nSPS) is 28.7. The van der Waals surface area contributed by atoms with E-state index in [1.807, 2.05) is 0 Å². The second kappa shape index (κ2) is 6.43. The van der Waals surface area contributed by atoms with Gasteiger partial charge in [-0.3, -0.25) is 4.79 Å². The first-order valence-corrected chi connectivity index (χ1v) is 7.43. The van der Waals surface area contributed by atoms with Crippen LogP contribution in [-0.4, -0.2) is 54.2 Å². The van der Waals surface area contributed by atoms with Crippen molar-refractivity contribution in [2.24, 2.45) is 11.8 Å². The molecule has 3 atom stereocenters. The predicted molar refractivity (Wildman–Crippen MR) is 75.5 cm³/mol. The third-order valence-corrected chi connectivity index (χ3v) is 4.33. The summed E-state index contributed by atoms with van der Waals surface area (Å²) >= 11 is 0. The van der Waals surface area contributed by atoms with Crippen LogP contribution in [0.15, 0.2) is 0 Å². The summed E-state index contributed by atoms with van der Waals surface area (Å²) in [6.45, 7) is 4.10. The molecule has 114 valence electrons. The van der Waals surface area contributed by atoms with Crippen molar-refractivity contribution in [3.8, 4) is 0 Å². The molecule has 2 amide bonds. The fourth-order valence-corrected chi connectivity index (χ4v) is 2.97. The van der Waals surface area contributed by atoms with Gasteiger partial charge >= 0.3 is 12.0 Å². The molecule has 3 N–H and O–H groups in total. The molecule has 1 saturated heterocycles. The molecule has 0 aromatic rings. The highest BCUT2D eigenvalue weighted by Gasteiger charge is 2.34. The Balaban J connectivity index is 1.80. The number of rotatable bonds is 5. The Labute approximate surface area is 119 Å². The van der Waals surface area contributed by atoms with Gasteiger partial charge in [-0.2, -0.15) is 0 Å². The SMILES string of the molecule is CC1CN(C)CCC1NC(=O)NC(CC(=O)O)C1CC1. The second-order valence-electron chi connectivity index (χ2n) is 6.29. The maximum Gasteiger partial charge on any atom is 0.315 e. The molecule has 0 spiro atoms. The molecule has 0 radical (unpaired) electrons. The third-order valence-electron chi connectivity index (χ3n) is 4.33. The van der Waals surface area contributed by atoms with E-state index < -0.39 is 5.97 Å². The van der Waals surface area contributed by atoms with E-state index >= 15 is 0 Å². The van der Waals surface area contributed by atoms with E-state index in [0.29, 0.717) is 11.8 Å². The zero-order valence-electron chi connectivity index (χ0n) is 12.3. The van der Waals surface area contributed by atoms with E-state index in [1.54, 1.807) is 0 Å². The van der Waals surface area contributed by atoms with Gasteiger partial charge in [0.05, 0.1) is 6.42 Å². The first-order valence-electron chi connectivity index (χ1n) is 7.43. The van der Waals surface area contributed by atoms with Gasteiger partial charge in [-0.25, -0.2) is 4.79 Å². The molecule has 2 rings (SSSR count). The lowest BCUT2D eigenvalue weighted by molar-refractivity contribution is -0.137. The van der Waals surface area contributed by atoms with Gasteiger partial charge in [0.15, 0.2) is 0 Å². The highest BCUT2D eigenvalue weighted by atomic mass is 16.4. The van der Waals surface area contributed by atoms with Crippen molar-refractivity contribution in [1.82, 2.24) is 15.5 Å². The van der Waals surface area contributed by atoms with E-state index in [0.717, 1.165) is 32.4 Å². The number of hydrogen-bond acceptors (Lipinski definition) is 3. The minimum atomic E-state index is -0.852. The van der Waals surface area contributed by atoms with Crippen LogP contribution in [0.3, 0.4) is 0 Å². The summed E-state index contributed by atoms with van der Waals surface area (Å²) in [7, 11) is 2.09. The molecule has 1 heterocycles. The summed E-state index contributed by atoms with van der Waals surface area (Å²) in [6.07, 6.45) is 2.99. The topological polar surface area (TPSA) is 81.7 Å². The first-order chi connectivity index (χ1) is 9.45. The van der Waals surface area contributed by atoms with E-state index in [9.17, 15) is 9.59 Å². The van der Waals surface area contributed by atoms with Gasteiger partial charge in [0.25, 0.3) is 0 Å². The average Bonchev–Trinajstić information content (AvgIpc) is 3.15. The fourth-order valence-electron chi connectivity index (χ4n) is 2.97. The fraction of sp³-hybridized carbons (Fsp3) is 0.857. The van der Waals surface area contributed by atoms with Crippen molar-refractivity contribution in [3.05, 3.63) is 0 Å². The Morgan fingerprint density at radius 3 is 2.60 bits per heavy atom. The molecule has 6 nitrogen and oxygen atoms in total. The Morgan fingerprint density at radius 2 is 2.05 bits per heavy atom. The Hall–Kier alpha value is -1.30. The number of carbonyl (C=O) groups is 2. The number of urea groups is 1. The highest BCUT2D eigenvalue weighted by Crippen LogP contribution is 2.34. The number of nitrogens with one attached hydrogen (secondary N) is 2. The van der Waals surface area contributed by atoms with Crippen molar-refractivity contribution in [1.29, 1.82) is 0 Å². The molecular formula is C14H25N3O3. The predicted octanol–water partition coefficient (Wildman–Crippen LogP) is 0.879. The van der Waals surface area contributed by atoms with Crippen LogP contribution in [0.5, 0.6) is 0 Å². The quantitative estimate of drug-likeness (QED) is 0.699. The number of likely N-dealkylation sites (tertiary alicyclic amines) is 1. The molecule has 20 heavy (non-hydrogen) atoms. The summed E-state index contributed by atoms with van der Waals surface area (Å²) in [5.41, 5.74) is 0. The van der Waals surface area contributed by atoms with E-state index in [2.05, 4.69) is 29.5 Å². The zero-order valence-corrected chi connectivity index (χ0v) is 12.3. The molecule has 0 aromatic carbocycles. The number of carbonyl (C=O) groups excluding carboxylic acids is 1. The van der Waals surface area contributed by atoms with Crippen LogP contribution in [0.25, 0.3) is 0 Å². The molecule has 1 aliphatic carbocycles. The van der Waals surface area contributed by atoms with Crippen LogP contribution in [0.2, 0.25) is 0 Å². The number of piperidine rings is 1. The van der Waals surface area contributed by atoms with Crippen molar-refractivity contribution in [2.75, 3.05) is 20.1 Å². The Kier molecular flexibility index (Phi) is 4.86. The Bertz CT molecular complexity index is 371. The number of aliphatic carboxylic acids is 1. The maximum atomic E-state index is 12.0. The first kappa shape index (κ1) is 15.1. The van der Waals surface area contributed by atoms with Gasteiger partial charge in [-0.05, 0) is 44.7 Å². The van der Waals surface area contributed by atoms with Crippen molar-refractivity contribution in [2.45, 2.75) is 44.7 Å². The molecule has 0 bridgehead atoms. The van der Waals surface area contributed by atoms with Crippen LogP contribution in [0.4, 0.5) is 4.79 Å². The lowest BCUT2D eigenvalue weighted by Gasteiger charge is -2.35. The van der Waals surface area contributed by atoms with Crippen LogP contribution in [-0.2, 0) is 4.79 Å². The van der Waals surface area contributed by atoms with Gasteiger partial charge in [0, 0.05) is 18.6 Å². The highest BCUT2D eigenvalue weighted by molar-refractivity contribution is 5.76. The molecule has 1 aliphatic heterocycles. The van der Waals surface area contributed by atoms with Crippen molar-refractivity contribution >= 4 is 12.0 Å². The molecule has 1 saturated carbocycles. The molecule has 2 fully saturated rings. The smallest absolute Gasteiger partial charge is 0.315 e. The van der Waals surface area contributed by atoms with E-state index in [1.165, 1.54) is 0 Å². The van der Waals surface area contributed by atoms with E-state index in [4.69, 9.17) is 5.11 Å². The number of carboxylic acid groups (broad SMARTS) is 1. The second-order valence-corrected chi connectivity index (χ2v) is 6.29. The lowest BCUT2D eigenvalue weighted by Crippen LogP contribution is -2.53. The van der Waals surface area contributed by atoms with Crippen LogP contribution in [0.1, 0.15) is 32.6 Å². The molecule has 6 heteroatoms. The molecule has 2 aliphatic rings. The van der Waals surface area contributed by atoms with Crippen molar-refractivity contribution < 1.29 is 14.7 Å². The maximum absolute atomic E-state index is 12.0. The third kappa shape index (κ3) is 4.37. The average molecular weight is 283 g/mol. The number of hydrogen-bond donors (Lipinski definition) is 3. The van der Waals surface area contributed by atoms with Crippen LogP contribution < -0.4 is 10.6 Å². The van der Waals surface area contributed by atoms with Gasteiger partial charge < -0.3 is 20.6 Å². The van der Waals surface area contributed by atoms with Crippen molar-refractivity contribution in [3.63, 3.8) is 0 Å². The minimum Gasteiger partial charge on any atom is -0.481 e. The lowest BCUT2D eigenvalue weighted by atomic mass is 9.94. The minimum absolute atomic E-state index is 0.0149. The van der Waals surface area contributed by atoms with Gasteiger partial charge in [0.2, 0.25) is 0 Å². The molecular weight excluding hydrogens is 258 g/mol. The monoisotopic (exact) mass is 283 g/mol. The van der Waals surface area contributed by atoms with Crippen LogP contribution >= 0.6 is 0 Å². The van der Waals surface area contributed by atoms with Gasteiger partial charge in [0.1, 0.15) is 0 Å². The van der Waals surface area contributed by atoms with Crippen LogP contribution in [0, 0.1) is 11.8 Å². The largest absolute Gasteiger partial charge is 0.481 e. The Morgan fingerprint density at radius 1 is 1.35 bits per heavy atom. The number of amides is 2.